The maximum Gasteiger partial charge on any atom is 0.225 e. The van der Waals surface area contributed by atoms with Crippen molar-refractivity contribution >= 4 is 17.6 Å². The summed E-state index contributed by atoms with van der Waals surface area (Å²) in [5, 5.41) is 5.93. The first kappa shape index (κ1) is 19.8. The number of rotatable bonds is 8. The highest BCUT2D eigenvalue weighted by Crippen LogP contribution is 2.54. The van der Waals surface area contributed by atoms with E-state index in [1.807, 2.05) is 24.3 Å². The molecule has 1 aliphatic carbocycles. The lowest BCUT2D eigenvalue weighted by molar-refractivity contribution is -0.121. The lowest BCUT2D eigenvalue weighted by atomic mass is 10.1. The molecule has 1 saturated carbocycles. The number of fused-ring (bicyclic) bond motifs is 4. The zero-order valence-electron chi connectivity index (χ0n) is 17.6. The van der Waals surface area contributed by atoms with Crippen LogP contribution in [0.5, 0.6) is 17.2 Å². The quantitative estimate of drug-likeness (QED) is 0.627. The number of hydrogen-bond acceptors (Lipinski definition) is 5. The molecule has 0 unspecified atom stereocenters. The summed E-state index contributed by atoms with van der Waals surface area (Å²) >= 11 is 0. The standard InChI is InChI=1S/C24H27N3O4/c1-2-3-4-5-6-19(28)26-22-21-16-13-14(7-9-17(16)31-23(21)22)30-18-11-12-25-24-15(18)8-10-20(29)27-24/h7,9,11-13,21-23H,2-6,8,10H2,1H3,(H,26,28)(H,25,27,29)/t21-,22-,23-/m0/s1. The summed E-state index contributed by atoms with van der Waals surface area (Å²) in [5.74, 6) is 3.12. The molecule has 162 valence electrons. The Morgan fingerprint density at radius 2 is 2.16 bits per heavy atom. The van der Waals surface area contributed by atoms with E-state index in [1.54, 1.807) is 6.20 Å². The molecule has 3 aliphatic rings. The summed E-state index contributed by atoms with van der Waals surface area (Å²) in [7, 11) is 0. The summed E-state index contributed by atoms with van der Waals surface area (Å²) < 4.78 is 12.2. The first-order valence-corrected chi connectivity index (χ1v) is 11.2. The predicted octanol–water partition coefficient (Wildman–Crippen LogP) is 4.07. The van der Waals surface area contributed by atoms with Crippen LogP contribution in [0.25, 0.3) is 0 Å². The highest BCUT2D eigenvalue weighted by molar-refractivity contribution is 5.93. The van der Waals surface area contributed by atoms with Crippen molar-refractivity contribution in [3.63, 3.8) is 0 Å². The molecule has 1 aromatic heterocycles. The van der Waals surface area contributed by atoms with Crippen molar-refractivity contribution in [1.29, 1.82) is 0 Å². The molecule has 3 heterocycles. The van der Waals surface area contributed by atoms with E-state index in [-0.39, 0.29) is 29.9 Å². The number of nitrogens with one attached hydrogen (secondary N) is 2. The van der Waals surface area contributed by atoms with E-state index in [0.29, 0.717) is 36.6 Å². The van der Waals surface area contributed by atoms with Crippen LogP contribution in [-0.4, -0.2) is 28.9 Å². The van der Waals surface area contributed by atoms with Crippen LogP contribution >= 0.6 is 0 Å². The number of carbonyl (C=O) groups excluding carboxylic acids is 2. The second kappa shape index (κ2) is 8.21. The van der Waals surface area contributed by atoms with Gasteiger partial charge in [0.05, 0.1) is 12.0 Å². The SMILES string of the molecule is CCCCCCC(=O)N[C@@H]1[C@H]2Oc3ccc(Oc4ccnc5c4CCC(=O)N5)cc3[C@@H]12. The van der Waals surface area contributed by atoms with Crippen molar-refractivity contribution in [2.75, 3.05) is 5.32 Å². The smallest absolute Gasteiger partial charge is 0.225 e. The Hall–Kier alpha value is -3.09. The summed E-state index contributed by atoms with van der Waals surface area (Å²) in [6.07, 6.45) is 7.65. The zero-order chi connectivity index (χ0) is 21.4. The van der Waals surface area contributed by atoms with Gasteiger partial charge in [0, 0.05) is 30.2 Å². The van der Waals surface area contributed by atoms with E-state index >= 15 is 0 Å². The topological polar surface area (TPSA) is 89.6 Å². The van der Waals surface area contributed by atoms with Crippen LogP contribution in [0.3, 0.4) is 0 Å². The number of aromatic nitrogens is 1. The van der Waals surface area contributed by atoms with Gasteiger partial charge in [-0.25, -0.2) is 4.98 Å². The van der Waals surface area contributed by atoms with Crippen molar-refractivity contribution < 1.29 is 19.1 Å². The summed E-state index contributed by atoms with van der Waals surface area (Å²) in [5.41, 5.74) is 1.99. The number of carbonyl (C=O) groups is 2. The summed E-state index contributed by atoms with van der Waals surface area (Å²) in [6.45, 7) is 2.17. The number of ether oxygens (including phenoxy) is 2. The highest BCUT2D eigenvalue weighted by Gasteiger charge is 2.59. The third kappa shape index (κ3) is 3.96. The fourth-order valence-electron chi connectivity index (χ4n) is 4.53. The summed E-state index contributed by atoms with van der Waals surface area (Å²) in [4.78, 5) is 28.1. The van der Waals surface area contributed by atoms with Gasteiger partial charge in [-0.3, -0.25) is 9.59 Å². The monoisotopic (exact) mass is 421 g/mol. The van der Waals surface area contributed by atoms with E-state index in [9.17, 15) is 9.59 Å². The van der Waals surface area contributed by atoms with Crippen molar-refractivity contribution in [2.24, 2.45) is 0 Å². The minimum Gasteiger partial charge on any atom is -0.487 e. The van der Waals surface area contributed by atoms with Gasteiger partial charge >= 0.3 is 0 Å². The van der Waals surface area contributed by atoms with E-state index in [1.165, 1.54) is 12.8 Å². The average Bonchev–Trinajstić information content (AvgIpc) is 3.27. The van der Waals surface area contributed by atoms with Crippen LogP contribution in [0.2, 0.25) is 0 Å². The van der Waals surface area contributed by atoms with E-state index < -0.39 is 0 Å². The molecule has 0 radical (unpaired) electrons. The van der Waals surface area contributed by atoms with E-state index in [2.05, 4.69) is 22.5 Å². The fourth-order valence-corrected chi connectivity index (χ4v) is 4.53. The maximum absolute atomic E-state index is 12.2. The lowest BCUT2D eigenvalue weighted by Crippen LogP contribution is -2.29. The molecule has 1 fully saturated rings. The number of hydrogen-bond donors (Lipinski definition) is 2. The number of anilines is 1. The Balaban J connectivity index is 1.24. The van der Waals surface area contributed by atoms with Gasteiger partial charge in [-0.05, 0) is 37.1 Å². The van der Waals surface area contributed by atoms with Crippen LogP contribution in [0.15, 0.2) is 30.5 Å². The van der Waals surface area contributed by atoms with Gasteiger partial charge in [0.15, 0.2) is 0 Å². The third-order valence-corrected chi connectivity index (χ3v) is 6.24. The van der Waals surface area contributed by atoms with Gasteiger partial charge in [0.2, 0.25) is 11.8 Å². The number of pyridine rings is 1. The molecular formula is C24H27N3O4. The molecule has 5 rings (SSSR count). The summed E-state index contributed by atoms with van der Waals surface area (Å²) in [6, 6.07) is 7.68. The first-order chi connectivity index (χ1) is 15.1. The molecule has 31 heavy (non-hydrogen) atoms. The first-order valence-electron chi connectivity index (χ1n) is 11.2. The van der Waals surface area contributed by atoms with Crippen LogP contribution in [-0.2, 0) is 16.0 Å². The lowest BCUT2D eigenvalue weighted by Gasteiger charge is -2.19. The van der Waals surface area contributed by atoms with Crippen molar-refractivity contribution in [3.8, 4) is 17.2 Å². The van der Waals surface area contributed by atoms with Crippen molar-refractivity contribution in [2.45, 2.75) is 69.9 Å². The molecule has 2 aromatic rings. The molecule has 7 heteroatoms. The molecule has 3 atom stereocenters. The Labute approximate surface area is 181 Å². The molecule has 0 spiro atoms. The fraction of sp³-hybridized carbons (Fsp3) is 0.458. The maximum atomic E-state index is 12.2. The Morgan fingerprint density at radius 3 is 3.03 bits per heavy atom. The molecule has 7 nitrogen and oxygen atoms in total. The normalized spacial score (nSPS) is 22.5. The average molecular weight is 421 g/mol. The van der Waals surface area contributed by atoms with Crippen LogP contribution in [0.4, 0.5) is 5.82 Å². The Bertz CT molecular complexity index is 1020. The van der Waals surface area contributed by atoms with Crippen LogP contribution in [0, 0.1) is 0 Å². The zero-order valence-corrected chi connectivity index (χ0v) is 17.6. The van der Waals surface area contributed by atoms with Crippen molar-refractivity contribution in [3.05, 3.63) is 41.6 Å². The van der Waals surface area contributed by atoms with Gasteiger partial charge in [-0.15, -0.1) is 0 Å². The minimum atomic E-state index is -0.0231. The van der Waals surface area contributed by atoms with Gasteiger partial charge in [0.25, 0.3) is 0 Å². The van der Waals surface area contributed by atoms with Gasteiger partial charge in [0.1, 0.15) is 29.2 Å². The minimum absolute atomic E-state index is 0.0220. The number of benzene rings is 1. The third-order valence-electron chi connectivity index (χ3n) is 6.24. The van der Waals surface area contributed by atoms with E-state index in [4.69, 9.17) is 9.47 Å². The highest BCUT2D eigenvalue weighted by atomic mass is 16.5. The number of unbranched alkanes of at least 4 members (excludes halogenated alkanes) is 3. The number of nitrogens with zero attached hydrogens (tertiary/aromatic N) is 1. The van der Waals surface area contributed by atoms with E-state index in [0.717, 1.165) is 29.7 Å². The van der Waals surface area contributed by atoms with Gasteiger partial charge in [-0.2, -0.15) is 0 Å². The largest absolute Gasteiger partial charge is 0.487 e. The van der Waals surface area contributed by atoms with Crippen molar-refractivity contribution in [1.82, 2.24) is 10.3 Å². The molecule has 2 amide bonds. The molecule has 1 aromatic carbocycles. The predicted molar refractivity (Wildman–Crippen MR) is 116 cm³/mol. The molecular weight excluding hydrogens is 394 g/mol. The van der Waals surface area contributed by atoms with Gasteiger partial charge in [-0.1, -0.05) is 26.2 Å². The van der Waals surface area contributed by atoms with Crippen LogP contribution < -0.4 is 20.1 Å². The van der Waals surface area contributed by atoms with Gasteiger partial charge < -0.3 is 20.1 Å². The Kier molecular flexibility index (Phi) is 5.26. The molecule has 2 aliphatic heterocycles. The molecule has 0 bridgehead atoms. The van der Waals surface area contributed by atoms with Crippen LogP contribution in [0.1, 0.15) is 62.5 Å². The second-order valence-electron chi connectivity index (χ2n) is 8.50. The Morgan fingerprint density at radius 1 is 1.26 bits per heavy atom. The molecule has 0 saturated heterocycles. The number of amides is 2. The second-order valence-corrected chi connectivity index (χ2v) is 8.50. The molecule has 2 N–H and O–H groups in total.